The molecule has 0 heterocycles. The molecule has 10 heteroatoms. The number of halogens is 6. The highest BCUT2D eigenvalue weighted by Gasteiger charge is 2.57. The second kappa shape index (κ2) is 6.47. The summed E-state index contributed by atoms with van der Waals surface area (Å²) < 4.78 is 76.1. The van der Waals surface area contributed by atoms with Crippen LogP contribution in [0.4, 0.5) is 26.3 Å². The van der Waals surface area contributed by atoms with Crippen LogP contribution in [-0.2, 0) is 22.4 Å². The second-order valence-electron chi connectivity index (χ2n) is 4.69. The minimum absolute atomic E-state index is 0.160. The summed E-state index contributed by atoms with van der Waals surface area (Å²) in [7, 11) is 0. The SMILES string of the molecule is O=C(O)Cc1ccc(C(C(F)(F)F)C(F)(F)F)cc1CC(=O)O. The summed E-state index contributed by atoms with van der Waals surface area (Å²) in [5.41, 5.74) is -1.75. The van der Waals surface area contributed by atoms with Gasteiger partial charge in [0.25, 0.3) is 0 Å². The Morgan fingerprint density at radius 2 is 1.30 bits per heavy atom. The molecule has 23 heavy (non-hydrogen) atoms. The van der Waals surface area contributed by atoms with Crippen LogP contribution in [0.2, 0.25) is 0 Å². The molecule has 4 nitrogen and oxygen atoms in total. The Morgan fingerprint density at radius 1 is 0.870 bits per heavy atom. The van der Waals surface area contributed by atoms with Crippen LogP contribution in [-0.4, -0.2) is 34.5 Å². The lowest BCUT2D eigenvalue weighted by Gasteiger charge is -2.24. The van der Waals surface area contributed by atoms with Crippen LogP contribution >= 0.6 is 0 Å². The number of aliphatic carboxylic acids is 2. The Hall–Kier alpha value is -2.26. The Bertz CT molecular complexity index is 591. The molecule has 0 atom stereocenters. The first-order chi connectivity index (χ1) is 10.3. The van der Waals surface area contributed by atoms with Gasteiger partial charge in [-0.25, -0.2) is 0 Å². The standard InChI is InChI=1S/C13H10F6O4/c14-12(15,16)11(13(17,18)19)7-2-1-6(4-9(20)21)8(3-7)5-10(22)23/h1-3,11H,4-5H2,(H,20,21)(H,22,23). The number of hydrogen-bond donors (Lipinski definition) is 2. The van der Waals surface area contributed by atoms with E-state index in [1.807, 2.05) is 0 Å². The molecule has 0 fully saturated rings. The quantitative estimate of drug-likeness (QED) is 0.805. The van der Waals surface area contributed by atoms with Crippen molar-refractivity contribution in [1.82, 2.24) is 0 Å². The van der Waals surface area contributed by atoms with E-state index in [4.69, 9.17) is 10.2 Å². The van der Waals surface area contributed by atoms with Gasteiger partial charge in [-0.1, -0.05) is 18.2 Å². The van der Waals surface area contributed by atoms with E-state index < -0.39 is 54.2 Å². The lowest BCUT2D eigenvalue weighted by molar-refractivity contribution is -0.253. The molecule has 0 saturated carbocycles. The number of carbonyl (C=O) groups is 2. The van der Waals surface area contributed by atoms with Gasteiger partial charge in [-0.3, -0.25) is 9.59 Å². The molecule has 128 valence electrons. The molecule has 1 aromatic carbocycles. The number of benzene rings is 1. The van der Waals surface area contributed by atoms with E-state index >= 15 is 0 Å². The zero-order chi connectivity index (χ0) is 18.0. The molecule has 0 aliphatic rings. The fourth-order valence-corrected chi connectivity index (χ4v) is 2.05. The van der Waals surface area contributed by atoms with Crippen LogP contribution in [0, 0.1) is 0 Å². The first-order valence-electron chi connectivity index (χ1n) is 6.01. The average molecular weight is 344 g/mol. The molecule has 2 N–H and O–H groups in total. The van der Waals surface area contributed by atoms with Gasteiger partial charge in [-0.05, 0) is 16.7 Å². The lowest BCUT2D eigenvalue weighted by atomic mass is 9.91. The molecule has 0 amide bonds. The van der Waals surface area contributed by atoms with Crippen LogP contribution in [0.5, 0.6) is 0 Å². The van der Waals surface area contributed by atoms with Crippen LogP contribution in [0.15, 0.2) is 18.2 Å². The first-order valence-corrected chi connectivity index (χ1v) is 6.01. The fourth-order valence-electron chi connectivity index (χ4n) is 2.05. The van der Waals surface area contributed by atoms with Crippen molar-refractivity contribution in [2.45, 2.75) is 31.1 Å². The van der Waals surface area contributed by atoms with Gasteiger partial charge in [-0.2, -0.15) is 26.3 Å². The molecule has 0 spiro atoms. The molecule has 0 radical (unpaired) electrons. The first kappa shape index (κ1) is 18.8. The van der Waals surface area contributed by atoms with Gasteiger partial charge in [-0.15, -0.1) is 0 Å². The summed E-state index contributed by atoms with van der Waals surface area (Å²) in [5.74, 6) is -6.68. The monoisotopic (exact) mass is 344 g/mol. The molecule has 0 aliphatic heterocycles. The van der Waals surface area contributed by atoms with Crippen molar-refractivity contribution in [2.75, 3.05) is 0 Å². The van der Waals surface area contributed by atoms with Crippen molar-refractivity contribution in [3.8, 4) is 0 Å². The minimum Gasteiger partial charge on any atom is -0.481 e. The number of alkyl halides is 6. The lowest BCUT2D eigenvalue weighted by Crippen LogP contribution is -2.34. The van der Waals surface area contributed by atoms with E-state index in [9.17, 15) is 35.9 Å². The summed E-state index contributed by atoms with van der Waals surface area (Å²) in [6.07, 6.45) is -12.8. The van der Waals surface area contributed by atoms with Gasteiger partial charge in [0.15, 0.2) is 5.92 Å². The number of rotatable bonds is 5. The molecule has 0 aliphatic carbocycles. The molecule has 1 rings (SSSR count). The van der Waals surface area contributed by atoms with E-state index in [0.717, 1.165) is 6.07 Å². The van der Waals surface area contributed by atoms with Crippen LogP contribution in [0.3, 0.4) is 0 Å². The van der Waals surface area contributed by atoms with Crippen molar-refractivity contribution in [3.63, 3.8) is 0 Å². The van der Waals surface area contributed by atoms with Crippen LogP contribution < -0.4 is 0 Å². The fraction of sp³-hybridized carbons (Fsp3) is 0.385. The second-order valence-corrected chi connectivity index (χ2v) is 4.69. The highest BCUT2D eigenvalue weighted by molar-refractivity contribution is 5.74. The molecular weight excluding hydrogens is 334 g/mol. The van der Waals surface area contributed by atoms with E-state index in [-0.39, 0.29) is 5.56 Å². The Labute approximate surface area is 125 Å². The largest absolute Gasteiger partial charge is 0.481 e. The van der Waals surface area contributed by atoms with Gasteiger partial charge in [0.1, 0.15) is 0 Å². The topological polar surface area (TPSA) is 74.6 Å². The normalized spacial score (nSPS) is 12.5. The third kappa shape index (κ3) is 5.15. The van der Waals surface area contributed by atoms with Crippen molar-refractivity contribution >= 4 is 11.9 Å². The maximum atomic E-state index is 12.7. The molecule has 1 aromatic rings. The molecule has 0 saturated heterocycles. The number of hydrogen-bond acceptors (Lipinski definition) is 2. The van der Waals surface area contributed by atoms with Crippen molar-refractivity contribution in [3.05, 3.63) is 34.9 Å². The maximum absolute atomic E-state index is 12.7. The molecular formula is C13H10F6O4. The van der Waals surface area contributed by atoms with Gasteiger partial charge in [0.05, 0.1) is 12.8 Å². The molecule has 0 aromatic heterocycles. The summed E-state index contributed by atoms with van der Waals surface area (Å²) in [5, 5.41) is 17.3. The summed E-state index contributed by atoms with van der Waals surface area (Å²) >= 11 is 0. The Morgan fingerprint density at radius 3 is 1.70 bits per heavy atom. The van der Waals surface area contributed by atoms with Crippen molar-refractivity contribution in [1.29, 1.82) is 0 Å². The maximum Gasteiger partial charge on any atom is 0.404 e. The van der Waals surface area contributed by atoms with E-state index in [0.29, 0.717) is 12.1 Å². The third-order valence-corrected chi connectivity index (χ3v) is 2.90. The average Bonchev–Trinajstić information content (AvgIpc) is 2.27. The van der Waals surface area contributed by atoms with Gasteiger partial charge in [0.2, 0.25) is 0 Å². The predicted octanol–water partition coefficient (Wildman–Crippen LogP) is 3.15. The van der Waals surface area contributed by atoms with Crippen molar-refractivity contribution in [2.24, 2.45) is 0 Å². The van der Waals surface area contributed by atoms with E-state index in [2.05, 4.69) is 0 Å². The highest BCUT2D eigenvalue weighted by Crippen LogP contribution is 2.46. The number of carboxylic acid groups (broad SMARTS) is 2. The van der Waals surface area contributed by atoms with Crippen molar-refractivity contribution < 1.29 is 46.1 Å². The van der Waals surface area contributed by atoms with Gasteiger partial charge >= 0.3 is 24.3 Å². The summed E-state index contributed by atoms with van der Waals surface area (Å²) in [4.78, 5) is 21.3. The Balaban J connectivity index is 3.42. The zero-order valence-corrected chi connectivity index (χ0v) is 11.2. The summed E-state index contributed by atoms with van der Waals surface area (Å²) in [6.45, 7) is 0. The Kier molecular flexibility index (Phi) is 5.28. The van der Waals surface area contributed by atoms with E-state index in [1.54, 1.807) is 0 Å². The zero-order valence-electron chi connectivity index (χ0n) is 11.2. The van der Waals surface area contributed by atoms with E-state index in [1.165, 1.54) is 0 Å². The minimum atomic E-state index is -5.62. The van der Waals surface area contributed by atoms with Crippen LogP contribution in [0.1, 0.15) is 22.6 Å². The molecule has 0 bridgehead atoms. The third-order valence-electron chi connectivity index (χ3n) is 2.90. The smallest absolute Gasteiger partial charge is 0.404 e. The predicted molar refractivity (Wildman–Crippen MR) is 64.0 cm³/mol. The summed E-state index contributed by atoms with van der Waals surface area (Å²) in [6, 6.07) is 1.72. The number of carboxylic acids is 2. The van der Waals surface area contributed by atoms with Crippen LogP contribution in [0.25, 0.3) is 0 Å². The van der Waals surface area contributed by atoms with Gasteiger partial charge < -0.3 is 10.2 Å². The van der Waals surface area contributed by atoms with Gasteiger partial charge in [0, 0.05) is 0 Å². The molecule has 0 unspecified atom stereocenters. The highest BCUT2D eigenvalue weighted by atomic mass is 19.4.